The molecule has 0 saturated carbocycles. The van der Waals surface area contributed by atoms with Gasteiger partial charge in [0, 0.05) is 39.4 Å². The van der Waals surface area contributed by atoms with Crippen LogP contribution < -0.4 is 10.2 Å². The van der Waals surface area contributed by atoms with Crippen molar-refractivity contribution in [1.29, 1.82) is 0 Å². The standard InChI is InChI=1S/C13H21N5O3S/c1-10-15-5-4-12(16-10)17-6-7-18(22(3,20)21)9-11(8-17)13(19)14-2/h4-5,11H,6-9H2,1-3H3,(H,14,19)/t11-/m1/s1. The average molecular weight is 327 g/mol. The van der Waals surface area contributed by atoms with Crippen LogP contribution in [0.3, 0.4) is 0 Å². The molecule has 1 fully saturated rings. The number of hydrogen-bond donors (Lipinski definition) is 1. The lowest BCUT2D eigenvalue weighted by molar-refractivity contribution is -0.124. The number of anilines is 1. The van der Waals surface area contributed by atoms with Crippen molar-refractivity contribution in [1.82, 2.24) is 19.6 Å². The molecule has 0 aromatic carbocycles. The lowest BCUT2D eigenvalue weighted by Gasteiger charge is -2.24. The first-order valence-corrected chi connectivity index (χ1v) is 8.87. The van der Waals surface area contributed by atoms with Crippen LogP contribution in [-0.4, -0.2) is 68.1 Å². The monoisotopic (exact) mass is 327 g/mol. The van der Waals surface area contributed by atoms with E-state index in [2.05, 4.69) is 15.3 Å². The molecule has 0 spiro atoms. The number of sulfonamides is 1. The number of rotatable bonds is 3. The van der Waals surface area contributed by atoms with E-state index in [0.29, 0.717) is 31.3 Å². The first-order valence-electron chi connectivity index (χ1n) is 7.02. The van der Waals surface area contributed by atoms with E-state index in [1.165, 1.54) is 10.6 Å². The molecule has 1 aromatic heterocycles. The maximum absolute atomic E-state index is 12.0. The molecule has 0 unspecified atom stereocenters. The summed E-state index contributed by atoms with van der Waals surface area (Å²) in [4.78, 5) is 22.4. The number of aryl methyl sites for hydroxylation is 1. The molecule has 122 valence electrons. The molecule has 1 amide bonds. The number of carbonyl (C=O) groups excluding carboxylic acids is 1. The van der Waals surface area contributed by atoms with Gasteiger partial charge in [0.1, 0.15) is 11.6 Å². The average Bonchev–Trinajstić information content (AvgIpc) is 2.69. The van der Waals surface area contributed by atoms with Gasteiger partial charge in [0.25, 0.3) is 0 Å². The minimum atomic E-state index is -3.34. The van der Waals surface area contributed by atoms with Gasteiger partial charge in [-0.2, -0.15) is 4.31 Å². The molecule has 1 aliphatic rings. The quantitative estimate of drug-likeness (QED) is 0.783. The minimum Gasteiger partial charge on any atom is -0.359 e. The zero-order valence-electron chi connectivity index (χ0n) is 13.0. The largest absolute Gasteiger partial charge is 0.359 e. The third-order valence-electron chi connectivity index (χ3n) is 3.66. The van der Waals surface area contributed by atoms with Crippen molar-refractivity contribution in [3.8, 4) is 0 Å². The number of hydrogen-bond acceptors (Lipinski definition) is 6. The van der Waals surface area contributed by atoms with Crippen molar-refractivity contribution in [3.63, 3.8) is 0 Å². The highest BCUT2D eigenvalue weighted by molar-refractivity contribution is 7.88. The van der Waals surface area contributed by atoms with Crippen LogP contribution in [0.4, 0.5) is 5.82 Å². The van der Waals surface area contributed by atoms with Gasteiger partial charge in [-0.05, 0) is 13.0 Å². The second-order valence-corrected chi connectivity index (χ2v) is 7.32. The van der Waals surface area contributed by atoms with Gasteiger partial charge < -0.3 is 10.2 Å². The molecular formula is C13H21N5O3S. The van der Waals surface area contributed by atoms with Crippen molar-refractivity contribution < 1.29 is 13.2 Å². The third-order valence-corrected chi connectivity index (χ3v) is 4.93. The molecule has 22 heavy (non-hydrogen) atoms. The molecule has 8 nitrogen and oxygen atoms in total. The van der Waals surface area contributed by atoms with Crippen LogP contribution in [0.1, 0.15) is 5.82 Å². The maximum Gasteiger partial charge on any atom is 0.225 e. The number of nitrogens with zero attached hydrogens (tertiary/aromatic N) is 4. The third kappa shape index (κ3) is 3.92. The van der Waals surface area contributed by atoms with E-state index in [1.54, 1.807) is 26.2 Å². The Bertz CT molecular complexity index is 649. The summed E-state index contributed by atoms with van der Waals surface area (Å²) in [7, 11) is -1.79. The summed E-state index contributed by atoms with van der Waals surface area (Å²) in [5.41, 5.74) is 0. The van der Waals surface area contributed by atoms with Gasteiger partial charge in [-0.3, -0.25) is 4.79 Å². The normalized spacial score (nSPS) is 20.5. The summed E-state index contributed by atoms with van der Waals surface area (Å²) in [5, 5.41) is 2.60. The Hall–Kier alpha value is -1.74. The Kier molecular flexibility index (Phi) is 4.97. The summed E-state index contributed by atoms with van der Waals surface area (Å²) in [6.07, 6.45) is 2.82. The van der Waals surface area contributed by atoms with Gasteiger partial charge in [0.05, 0.1) is 12.2 Å². The molecule has 1 aliphatic heterocycles. The Morgan fingerprint density at radius 1 is 1.36 bits per heavy atom. The molecule has 1 N–H and O–H groups in total. The van der Waals surface area contributed by atoms with Crippen LogP contribution in [0.2, 0.25) is 0 Å². The molecule has 0 aliphatic carbocycles. The van der Waals surface area contributed by atoms with Crippen molar-refractivity contribution in [2.45, 2.75) is 6.92 Å². The van der Waals surface area contributed by atoms with Gasteiger partial charge in [0.15, 0.2) is 0 Å². The second kappa shape index (κ2) is 6.57. The number of aromatic nitrogens is 2. The van der Waals surface area contributed by atoms with E-state index in [1.807, 2.05) is 4.90 Å². The Labute approximate surface area is 130 Å². The van der Waals surface area contributed by atoms with E-state index in [-0.39, 0.29) is 12.5 Å². The van der Waals surface area contributed by atoms with Crippen molar-refractivity contribution in [3.05, 3.63) is 18.1 Å². The van der Waals surface area contributed by atoms with E-state index < -0.39 is 15.9 Å². The smallest absolute Gasteiger partial charge is 0.225 e. The lowest BCUT2D eigenvalue weighted by Crippen LogP contribution is -2.41. The molecule has 1 aromatic rings. The predicted molar refractivity (Wildman–Crippen MR) is 83.0 cm³/mol. The zero-order chi connectivity index (χ0) is 16.3. The molecule has 1 atom stereocenters. The molecule has 9 heteroatoms. The summed E-state index contributed by atoms with van der Waals surface area (Å²) >= 11 is 0. The predicted octanol–water partition coefficient (Wildman–Crippen LogP) is -0.771. The van der Waals surface area contributed by atoms with Gasteiger partial charge in [-0.1, -0.05) is 0 Å². The van der Waals surface area contributed by atoms with E-state index in [0.717, 1.165) is 0 Å². The van der Waals surface area contributed by atoms with Crippen molar-refractivity contribution in [2.24, 2.45) is 5.92 Å². The van der Waals surface area contributed by atoms with Crippen LogP contribution in [0.15, 0.2) is 12.3 Å². The molecule has 2 heterocycles. The highest BCUT2D eigenvalue weighted by Gasteiger charge is 2.31. The van der Waals surface area contributed by atoms with Crippen LogP contribution >= 0.6 is 0 Å². The fourth-order valence-corrected chi connectivity index (χ4v) is 3.35. The molecule has 0 bridgehead atoms. The van der Waals surface area contributed by atoms with Gasteiger partial charge >= 0.3 is 0 Å². The summed E-state index contributed by atoms with van der Waals surface area (Å²) in [5.74, 6) is 0.721. The molecular weight excluding hydrogens is 306 g/mol. The first-order chi connectivity index (χ1) is 10.3. The maximum atomic E-state index is 12.0. The summed E-state index contributed by atoms with van der Waals surface area (Å²) in [6.45, 7) is 3.20. The van der Waals surface area contributed by atoms with E-state index >= 15 is 0 Å². The highest BCUT2D eigenvalue weighted by Crippen LogP contribution is 2.18. The van der Waals surface area contributed by atoms with Crippen LogP contribution in [0.25, 0.3) is 0 Å². The lowest BCUT2D eigenvalue weighted by atomic mass is 10.1. The Morgan fingerprint density at radius 3 is 2.68 bits per heavy atom. The topological polar surface area (TPSA) is 95.5 Å². The fourth-order valence-electron chi connectivity index (χ4n) is 2.48. The molecule has 1 saturated heterocycles. The second-order valence-electron chi connectivity index (χ2n) is 5.34. The number of carbonyl (C=O) groups is 1. The summed E-state index contributed by atoms with van der Waals surface area (Å²) in [6, 6.07) is 1.77. The minimum absolute atomic E-state index is 0.175. The summed E-state index contributed by atoms with van der Waals surface area (Å²) < 4.78 is 25.0. The van der Waals surface area contributed by atoms with Crippen molar-refractivity contribution >= 4 is 21.7 Å². The zero-order valence-corrected chi connectivity index (χ0v) is 13.8. The first kappa shape index (κ1) is 16.6. The molecule has 0 radical (unpaired) electrons. The Balaban J connectivity index is 2.29. The SMILES string of the molecule is CNC(=O)[C@@H]1CN(c2ccnc(C)n2)CCN(S(C)(=O)=O)C1. The van der Waals surface area contributed by atoms with E-state index in [9.17, 15) is 13.2 Å². The Morgan fingerprint density at radius 2 is 2.09 bits per heavy atom. The van der Waals surface area contributed by atoms with Gasteiger partial charge in [-0.15, -0.1) is 0 Å². The van der Waals surface area contributed by atoms with Crippen LogP contribution in [-0.2, 0) is 14.8 Å². The van der Waals surface area contributed by atoms with Crippen LogP contribution in [0.5, 0.6) is 0 Å². The fraction of sp³-hybridized carbons (Fsp3) is 0.615. The van der Waals surface area contributed by atoms with Crippen molar-refractivity contribution in [2.75, 3.05) is 44.4 Å². The molecule has 2 rings (SSSR count). The van der Waals surface area contributed by atoms with Crippen LogP contribution in [0, 0.1) is 12.8 Å². The number of nitrogens with one attached hydrogen (secondary N) is 1. The highest BCUT2D eigenvalue weighted by atomic mass is 32.2. The van der Waals surface area contributed by atoms with E-state index in [4.69, 9.17) is 0 Å². The number of amides is 1. The van der Waals surface area contributed by atoms with Gasteiger partial charge in [0.2, 0.25) is 15.9 Å². The van der Waals surface area contributed by atoms with Gasteiger partial charge in [-0.25, -0.2) is 18.4 Å².